The van der Waals surface area contributed by atoms with Gasteiger partial charge in [0.25, 0.3) is 11.2 Å². The van der Waals surface area contributed by atoms with Crippen LogP contribution in [0.3, 0.4) is 0 Å². The Kier molecular flexibility index (Phi) is 7.13. The lowest BCUT2D eigenvalue weighted by Crippen LogP contribution is -2.31. The molecule has 2 heterocycles. The largest absolute Gasteiger partial charge is 0.350 e. The summed E-state index contributed by atoms with van der Waals surface area (Å²) in [6.45, 7) is 3.33. The third-order valence-corrected chi connectivity index (χ3v) is 5.11. The first-order valence-electron chi connectivity index (χ1n) is 9.93. The molecule has 29 heavy (non-hydrogen) atoms. The lowest BCUT2D eigenvalue weighted by molar-refractivity contribution is -0.385. The molecule has 0 aliphatic carbocycles. The summed E-state index contributed by atoms with van der Waals surface area (Å²) >= 11 is 0. The number of carbonyl (C=O) groups excluding carboxylic acids is 1. The first-order valence-corrected chi connectivity index (χ1v) is 9.93. The van der Waals surface area contributed by atoms with Gasteiger partial charge in [-0.3, -0.25) is 29.2 Å². The number of nitro groups is 1. The van der Waals surface area contributed by atoms with E-state index in [2.05, 4.69) is 22.3 Å². The van der Waals surface area contributed by atoms with Gasteiger partial charge in [0.2, 0.25) is 5.91 Å². The maximum atomic E-state index is 12.1. The van der Waals surface area contributed by atoms with E-state index >= 15 is 0 Å². The molecule has 1 aliphatic rings. The van der Waals surface area contributed by atoms with Crippen LogP contribution < -0.4 is 10.9 Å². The number of likely N-dealkylation sites (tertiary alicyclic amines) is 1. The Balaban J connectivity index is 1.51. The zero-order chi connectivity index (χ0) is 20.6. The molecule has 8 heteroatoms. The number of amides is 1. The number of nitrogens with one attached hydrogen (secondary N) is 1. The second-order valence-electron chi connectivity index (χ2n) is 7.39. The van der Waals surface area contributed by atoms with Gasteiger partial charge in [-0.2, -0.15) is 0 Å². The van der Waals surface area contributed by atoms with E-state index in [1.54, 1.807) is 0 Å². The molecular weight excluding hydrogens is 372 g/mol. The molecule has 0 spiro atoms. The van der Waals surface area contributed by atoms with Crippen molar-refractivity contribution in [1.29, 1.82) is 0 Å². The molecule has 1 aliphatic heterocycles. The molecule has 2 aromatic rings. The van der Waals surface area contributed by atoms with Crippen LogP contribution in [0.4, 0.5) is 5.69 Å². The molecule has 0 atom stereocenters. The molecule has 0 radical (unpaired) electrons. The van der Waals surface area contributed by atoms with Gasteiger partial charge in [-0.05, 0) is 37.1 Å². The predicted molar refractivity (Wildman–Crippen MR) is 109 cm³/mol. The summed E-state index contributed by atoms with van der Waals surface area (Å²) in [5.41, 5.74) is 1.54. The summed E-state index contributed by atoms with van der Waals surface area (Å²) in [5.74, 6) is -0.374. The zero-order valence-corrected chi connectivity index (χ0v) is 16.4. The van der Waals surface area contributed by atoms with E-state index < -0.39 is 10.5 Å². The topological polar surface area (TPSA) is 97.5 Å². The van der Waals surface area contributed by atoms with Crippen molar-refractivity contribution in [2.45, 2.75) is 45.3 Å². The summed E-state index contributed by atoms with van der Waals surface area (Å²) in [7, 11) is 0. The minimum Gasteiger partial charge on any atom is -0.350 e. The molecule has 1 amide bonds. The fourth-order valence-electron chi connectivity index (χ4n) is 3.48. The summed E-state index contributed by atoms with van der Waals surface area (Å²) in [6, 6.07) is 10.4. The van der Waals surface area contributed by atoms with Crippen LogP contribution in [0.25, 0.3) is 0 Å². The van der Waals surface area contributed by atoms with Gasteiger partial charge in [0, 0.05) is 25.2 Å². The van der Waals surface area contributed by atoms with Crippen molar-refractivity contribution in [2.75, 3.05) is 13.1 Å². The lowest BCUT2D eigenvalue weighted by Gasteiger charge is -2.19. The van der Waals surface area contributed by atoms with Crippen molar-refractivity contribution in [3.63, 3.8) is 0 Å². The summed E-state index contributed by atoms with van der Waals surface area (Å²) in [5, 5.41) is 13.6. The molecule has 0 bridgehead atoms. The number of rotatable bonds is 7. The van der Waals surface area contributed by atoms with E-state index in [9.17, 15) is 19.7 Å². The van der Waals surface area contributed by atoms with Gasteiger partial charge in [-0.25, -0.2) is 0 Å². The van der Waals surface area contributed by atoms with Crippen molar-refractivity contribution in [1.82, 2.24) is 14.8 Å². The van der Waals surface area contributed by atoms with Gasteiger partial charge in [0.1, 0.15) is 6.54 Å². The van der Waals surface area contributed by atoms with Crippen molar-refractivity contribution >= 4 is 11.6 Å². The summed E-state index contributed by atoms with van der Waals surface area (Å²) in [4.78, 5) is 36.6. The molecule has 0 unspecified atom stereocenters. The molecule has 1 saturated heterocycles. The first kappa shape index (κ1) is 20.7. The van der Waals surface area contributed by atoms with Crippen molar-refractivity contribution in [2.24, 2.45) is 0 Å². The van der Waals surface area contributed by atoms with E-state index in [0.29, 0.717) is 6.54 Å². The predicted octanol–water partition coefficient (Wildman–Crippen LogP) is 2.45. The van der Waals surface area contributed by atoms with E-state index in [1.165, 1.54) is 31.2 Å². The molecule has 154 valence electrons. The van der Waals surface area contributed by atoms with Crippen LogP contribution in [-0.4, -0.2) is 33.4 Å². The third-order valence-electron chi connectivity index (χ3n) is 5.11. The van der Waals surface area contributed by atoms with E-state index in [4.69, 9.17) is 0 Å². The molecular formula is C21H26N4O4. The van der Waals surface area contributed by atoms with Crippen LogP contribution in [0.2, 0.25) is 0 Å². The molecule has 0 saturated carbocycles. The number of hydrogen-bond acceptors (Lipinski definition) is 5. The van der Waals surface area contributed by atoms with Crippen molar-refractivity contribution in [3.8, 4) is 0 Å². The molecule has 3 rings (SSSR count). The summed E-state index contributed by atoms with van der Waals surface area (Å²) < 4.78 is 1.04. The average molecular weight is 398 g/mol. The highest BCUT2D eigenvalue weighted by atomic mass is 16.6. The Hall–Kier alpha value is -3.00. The van der Waals surface area contributed by atoms with Gasteiger partial charge in [-0.1, -0.05) is 37.1 Å². The smallest absolute Gasteiger partial charge is 0.285 e. The molecule has 1 aromatic carbocycles. The number of pyridine rings is 1. The number of aromatic nitrogens is 1. The lowest BCUT2D eigenvalue weighted by atomic mass is 10.1. The highest BCUT2D eigenvalue weighted by molar-refractivity contribution is 5.75. The van der Waals surface area contributed by atoms with E-state index in [-0.39, 0.29) is 18.1 Å². The van der Waals surface area contributed by atoms with Gasteiger partial charge >= 0.3 is 0 Å². The highest BCUT2D eigenvalue weighted by Crippen LogP contribution is 2.14. The monoisotopic (exact) mass is 398 g/mol. The number of nitrogens with zero attached hydrogens (tertiary/aromatic N) is 3. The van der Waals surface area contributed by atoms with E-state index in [1.807, 2.05) is 12.1 Å². The minimum atomic E-state index is -0.596. The van der Waals surface area contributed by atoms with Crippen LogP contribution in [-0.2, 0) is 24.4 Å². The third kappa shape index (κ3) is 6.25. The van der Waals surface area contributed by atoms with Crippen LogP contribution in [0, 0.1) is 10.1 Å². The first-order chi connectivity index (χ1) is 14.0. The quantitative estimate of drug-likeness (QED) is 0.571. The fraction of sp³-hybridized carbons (Fsp3) is 0.429. The SMILES string of the molecule is O=C(Cn1cc([N+](=O)[O-])ccc1=O)NCc1ccc(CN2CCCCCC2)cc1. The fourth-order valence-corrected chi connectivity index (χ4v) is 3.48. The summed E-state index contributed by atoms with van der Waals surface area (Å²) in [6.07, 6.45) is 6.24. The van der Waals surface area contributed by atoms with Gasteiger partial charge < -0.3 is 5.32 Å². The Morgan fingerprint density at radius 2 is 1.66 bits per heavy atom. The maximum absolute atomic E-state index is 12.1. The Labute approximate surface area is 169 Å². The second-order valence-corrected chi connectivity index (χ2v) is 7.39. The van der Waals surface area contributed by atoms with Crippen LogP contribution in [0.5, 0.6) is 0 Å². The zero-order valence-electron chi connectivity index (χ0n) is 16.4. The Morgan fingerprint density at radius 1 is 1.00 bits per heavy atom. The average Bonchev–Trinajstić information content (AvgIpc) is 2.97. The van der Waals surface area contributed by atoms with E-state index in [0.717, 1.165) is 48.1 Å². The molecule has 1 aromatic heterocycles. The normalized spacial score (nSPS) is 14.9. The van der Waals surface area contributed by atoms with Gasteiger partial charge in [0.15, 0.2) is 0 Å². The second kappa shape index (κ2) is 9.97. The molecule has 8 nitrogen and oxygen atoms in total. The number of hydrogen-bond donors (Lipinski definition) is 1. The highest BCUT2D eigenvalue weighted by Gasteiger charge is 2.11. The number of benzene rings is 1. The molecule has 1 N–H and O–H groups in total. The van der Waals surface area contributed by atoms with Gasteiger partial charge in [0.05, 0.1) is 11.1 Å². The maximum Gasteiger partial charge on any atom is 0.285 e. The van der Waals surface area contributed by atoms with Crippen molar-refractivity contribution in [3.05, 3.63) is 74.2 Å². The molecule has 1 fully saturated rings. The Morgan fingerprint density at radius 3 is 2.31 bits per heavy atom. The minimum absolute atomic E-state index is 0.225. The van der Waals surface area contributed by atoms with Crippen LogP contribution in [0.15, 0.2) is 47.4 Å². The van der Waals surface area contributed by atoms with Crippen LogP contribution in [0.1, 0.15) is 36.8 Å². The number of carbonyl (C=O) groups is 1. The van der Waals surface area contributed by atoms with Crippen molar-refractivity contribution < 1.29 is 9.72 Å². The standard InChI is InChI=1S/C21H26N4O4/c26-20(16-24-15-19(25(28)29)9-10-21(24)27)22-13-17-5-7-18(8-6-17)14-23-11-3-1-2-4-12-23/h5-10,15H,1-4,11-14,16H2,(H,22,26). The van der Waals surface area contributed by atoms with Gasteiger partial charge in [-0.15, -0.1) is 0 Å². The van der Waals surface area contributed by atoms with Crippen LogP contribution >= 0.6 is 0 Å². The Bertz CT molecular complexity index is 900.